The monoisotopic (exact) mass is 277 g/mol. The smallest absolute Gasteiger partial charge is 0.212 e. The van der Waals surface area contributed by atoms with Gasteiger partial charge in [0, 0.05) is 18.1 Å². The SMILES string of the molecule is CCCc1ccccc1-n1ccnc1Nc1ccccc1. The van der Waals surface area contributed by atoms with Crippen LogP contribution in [0.4, 0.5) is 11.6 Å². The van der Waals surface area contributed by atoms with Crippen LogP contribution >= 0.6 is 0 Å². The topological polar surface area (TPSA) is 29.9 Å². The number of aryl methyl sites for hydroxylation is 1. The van der Waals surface area contributed by atoms with E-state index in [1.807, 2.05) is 42.7 Å². The second kappa shape index (κ2) is 6.27. The summed E-state index contributed by atoms with van der Waals surface area (Å²) in [5.74, 6) is 0.838. The van der Waals surface area contributed by atoms with Crippen molar-refractivity contribution in [3.63, 3.8) is 0 Å². The van der Waals surface area contributed by atoms with Crippen molar-refractivity contribution in [3.8, 4) is 5.69 Å². The van der Waals surface area contributed by atoms with Crippen LogP contribution in [0, 0.1) is 0 Å². The Hall–Kier alpha value is -2.55. The molecule has 3 rings (SSSR count). The van der Waals surface area contributed by atoms with Gasteiger partial charge in [-0.2, -0.15) is 0 Å². The van der Waals surface area contributed by atoms with Gasteiger partial charge in [-0.15, -0.1) is 0 Å². The standard InChI is InChI=1S/C18H19N3/c1-2-8-15-9-6-7-12-17(15)21-14-13-19-18(21)20-16-10-4-3-5-11-16/h3-7,9-14H,2,8H2,1H3,(H,19,20). The van der Waals surface area contributed by atoms with E-state index < -0.39 is 0 Å². The summed E-state index contributed by atoms with van der Waals surface area (Å²) in [6.45, 7) is 2.20. The van der Waals surface area contributed by atoms with Crippen molar-refractivity contribution in [2.24, 2.45) is 0 Å². The average Bonchev–Trinajstić information content (AvgIpc) is 2.97. The molecule has 0 saturated heterocycles. The van der Waals surface area contributed by atoms with E-state index in [0.717, 1.165) is 24.5 Å². The zero-order valence-corrected chi connectivity index (χ0v) is 12.2. The molecule has 3 heteroatoms. The van der Waals surface area contributed by atoms with Gasteiger partial charge in [0.2, 0.25) is 5.95 Å². The molecule has 0 aliphatic rings. The molecule has 0 bridgehead atoms. The lowest BCUT2D eigenvalue weighted by Crippen LogP contribution is -2.03. The first-order chi connectivity index (χ1) is 10.4. The summed E-state index contributed by atoms with van der Waals surface area (Å²) in [4.78, 5) is 4.44. The van der Waals surface area contributed by atoms with E-state index in [0.29, 0.717) is 0 Å². The molecule has 0 fully saturated rings. The molecule has 0 radical (unpaired) electrons. The zero-order valence-electron chi connectivity index (χ0n) is 12.2. The Labute approximate surface area is 125 Å². The van der Waals surface area contributed by atoms with Gasteiger partial charge in [0.05, 0.1) is 5.69 Å². The Morgan fingerprint density at radius 3 is 2.57 bits per heavy atom. The largest absolute Gasteiger partial charge is 0.325 e. The molecule has 1 N–H and O–H groups in total. The van der Waals surface area contributed by atoms with E-state index in [1.54, 1.807) is 0 Å². The molecule has 3 aromatic rings. The maximum atomic E-state index is 4.44. The second-order valence-corrected chi connectivity index (χ2v) is 4.99. The molecule has 2 aromatic carbocycles. The average molecular weight is 277 g/mol. The molecule has 1 heterocycles. The van der Waals surface area contributed by atoms with Crippen LogP contribution in [0.5, 0.6) is 0 Å². The van der Waals surface area contributed by atoms with Crippen LogP contribution in [-0.2, 0) is 6.42 Å². The lowest BCUT2D eigenvalue weighted by Gasteiger charge is -2.13. The number of anilines is 2. The summed E-state index contributed by atoms with van der Waals surface area (Å²) in [5.41, 5.74) is 3.57. The summed E-state index contributed by atoms with van der Waals surface area (Å²) in [7, 11) is 0. The van der Waals surface area contributed by atoms with E-state index in [2.05, 4.69) is 46.1 Å². The molecule has 0 aliphatic heterocycles. The van der Waals surface area contributed by atoms with E-state index in [1.165, 1.54) is 11.3 Å². The van der Waals surface area contributed by atoms with Gasteiger partial charge in [-0.05, 0) is 30.2 Å². The van der Waals surface area contributed by atoms with E-state index in [9.17, 15) is 0 Å². The molecule has 0 aliphatic carbocycles. The maximum Gasteiger partial charge on any atom is 0.212 e. The summed E-state index contributed by atoms with van der Waals surface area (Å²) in [6.07, 6.45) is 6.03. The molecular weight excluding hydrogens is 258 g/mol. The number of hydrogen-bond acceptors (Lipinski definition) is 2. The number of aromatic nitrogens is 2. The predicted molar refractivity (Wildman–Crippen MR) is 87.3 cm³/mol. The van der Waals surface area contributed by atoms with E-state index >= 15 is 0 Å². The van der Waals surface area contributed by atoms with E-state index in [4.69, 9.17) is 0 Å². The Kier molecular flexibility index (Phi) is 4.01. The van der Waals surface area contributed by atoms with Crippen LogP contribution < -0.4 is 5.32 Å². The number of hydrogen-bond donors (Lipinski definition) is 1. The van der Waals surface area contributed by atoms with Gasteiger partial charge >= 0.3 is 0 Å². The first-order valence-electron chi connectivity index (χ1n) is 7.32. The quantitative estimate of drug-likeness (QED) is 0.740. The normalized spacial score (nSPS) is 10.5. The van der Waals surface area contributed by atoms with Gasteiger partial charge < -0.3 is 5.32 Å². The van der Waals surface area contributed by atoms with Crippen LogP contribution in [-0.4, -0.2) is 9.55 Å². The molecule has 0 unspecified atom stereocenters. The predicted octanol–water partition coefficient (Wildman–Crippen LogP) is 4.57. The van der Waals surface area contributed by atoms with Crippen LogP contribution in [0.2, 0.25) is 0 Å². The number of nitrogens with one attached hydrogen (secondary N) is 1. The Bertz CT molecular complexity index is 701. The minimum atomic E-state index is 0.838. The van der Waals surface area contributed by atoms with Crippen LogP contribution in [0.3, 0.4) is 0 Å². The maximum absolute atomic E-state index is 4.44. The van der Waals surface area contributed by atoms with Crippen molar-refractivity contribution in [2.75, 3.05) is 5.32 Å². The van der Waals surface area contributed by atoms with Crippen molar-refractivity contribution >= 4 is 11.6 Å². The first kappa shape index (κ1) is 13.4. The summed E-state index contributed by atoms with van der Waals surface area (Å²) >= 11 is 0. The summed E-state index contributed by atoms with van der Waals surface area (Å²) < 4.78 is 2.11. The minimum absolute atomic E-state index is 0.838. The highest BCUT2D eigenvalue weighted by atomic mass is 15.2. The highest BCUT2D eigenvalue weighted by Gasteiger charge is 2.08. The fraction of sp³-hybridized carbons (Fsp3) is 0.167. The van der Waals surface area contributed by atoms with Gasteiger partial charge in [-0.3, -0.25) is 4.57 Å². The van der Waals surface area contributed by atoms with Crippen LogP contribution in [0.1, 0.15) is 18.9 Å². The third kappa shape index (κ3) is 2.97. The summed E-state index contributed by atoms with van der Waals surface area (Å²) in [6, 6.07) is 18.6. The number of benzene rings is 2. The second-order valence-electron chi connectivity index (χ2n) is 4.99. The van der Waals surface area contributed by atoms with Crippen molar-refractivity contribution in [3.05, 3.63) is 72.6 Å². The number of rotatable bonds is 5. The van der Waals surface area contributed by atoms with Crippen LogP contribution in [0.15, 0.2) is 67.0 Å². The molecular formula is C18H19N3. The van der Waals surface area contributed by atoms with E-state index in [-0.39, 0.29) is 0 Å². The van der Waals surface area contributed by atoms with Gasteiger partial charge in [0.15, 0.2) is 0 Å². The van der Waals surface area contributed by atoms with Gasteiger partial charge in [0.1, 0.15) is 0 Å². The fourth-order valence-electron chi connectivity index (χ4n) is 2.47. The van der Waals surface area contributed by atoms with Crippen molar-refractivity contribution < 1.29 is 0 Å². The van der Waals surface area contributed by atoms with Crippen molar-refractivity contribution in [1.29, 1.82) is 0 Å². The van der Waals surface area contributed by atoms with Gasteiger partial charge in [0.25, 0.3) is 0 Å². The molecule has 0 atom stereocenters. The number of nitrogens with zero attached hydrogens (tertiary/aromatic N) is 2. The lowest BCUT2D eigenvalue weighted by atomic mass is 10.1. The molecule has 3 nitrogen and oxygen atoms in total. The van der Waals surface area contributed by atoms with Crippen LogP contribution in [0.25, 0.3) is 5.69 Å². The molecule has 0 saturated carbocycles. The summed E-state index contributed by atoms with van der Waals surface area (Å²) in [5, 5.41) is 3.37. The Morgan fingerprint density at radius 2 is 1.76 bits per heavy atom. The Balaban J connectivity index is 1.96. The zero-order chi connectivity index (χ0) is 14.5. The lowest BCUT2D eigenvalue weighted by molar-refractivity contribution is 0.900. The number of imidazole rings is 1. The van der Waals surface area contributed by atoms with Crippen molar-refractivity contribution in [1.82, 2.24) is 9.55 Å². The van der Waals surface area contributed by atoms with Gasteiger partial charge in [-0.25, -0.2) is 4.98 Å². The third-order valence-corrected chi connectivity index (χ3v) is 3.44. The fourth-order valence-corrected chi connectivity index (χ4v) is 2.47. The molecule has 1 aromatic heterocycles. The van der Waals surface area contributed by atoms with Gasteiger partial charge in [-0.1, -0.05) is 49.7 Å². The minimum Gasteiger partial charge on any atom is -0.325 e. The third-order valence-electron chi connectivity index (χ3n) is 3.44. The first-order valence-corrected chi connectivity index (χ1v) is 7.32. The molecule has 0 amide bonds. The highest BCUT2D eigenvalue weighted by molar-refractivity contribution is 5.56. The van der Waals surface area contributed by atoms with Crippen molar-refractivity contribution in [2.45, 2.75) is 19.8 Å². The molecule has 106 valence electrons. The number of para-hydroxylation sites is 2. The molecule has 0 spiro atoms. The molecule has 21 heavy (non-hydrogen) atoms. The Morgan fingerprint density at radius 1 is 1.00 bits per heavy atom. The highest BCUT2D eigenvalue weighted by Crippen LogP contribution is 2.22.